The zero-order valence-electron chi connectivity index (χ0n) is 13.0. The Morgan fingerprint density at radius 3 is 2.57 bits per heavy atom. The minimum absolute atomic E-state index is 0.0708. The molecule has 0 aliphatic rings. The van der Waals surface area contributed by atoms with Crippen LogP contribution in [0.4, 0.5) is 0 Å². The van der Waals surface area contributed by atoms with Gasteiger partial charge in [0, 0.05) is 6.08 Å². The lowest BCUT2D eigenvalue weighted by atomic mass is 10.1. The summed E-state index contributed by atoms with van der Waals surface area (Å²) in [5.41, 5.74) is 2.19. The van der Waals surface area contributed by atoms with E-state index in [1.54, 1.807) is 24.5 Å². The van der Waals surface area contributed by atoms with Crippen molar-refractivity contribution in [3.8, 4) is 0 Å². The van der Waals surface area contributed by atoms with E-state index in [1.807, 2.05) is 24.3 Å². The van der Waals surface area contributed by atoms with Gasteiger partial charge in [-0.3, -0.25) is 9.59 Å². The van der Waals surface area contributed by atoms with Gasteiger partial charge in [-0.1, -0.05) is 31.2 Å². The van der Waals surface area contributed by atoms with Crippen molar-refractivity contribution in [3.05, 3.63) is 65.6 Å². The SMILES string of the molecule is CCc1ccc(/C=C/C(=O)NCC(=O)NCc2ccco2)cc1. The van der Waals surface area contributed by atoms with Gasteiger partial charge in [0.05, 0.1) is 19.4 Å². The first-order valence-corrected chi connectivity index (χ1v) is 7.51. The van der Waals surface area contributed by atoms with E-state index in [0.29, 0.717) is 12.3 Å². The smallest absolute Gasteiger partial charge is 0.244 e. The lowest BCUT2D eigenvalue weighted by molar-refractivity contribution is -0.124. The van der Waals surface area contributed by atoms with Crippen molar-refractivity contribution >= 4 is 17.9 Å². The summed E-state index contributed by atoms with van der Waals surface area (Å²) in [6, 6.07) is 11.5. The molecule has 120 valence electrons. The van der Waals surface area contributed by atoms with Crippen LogP contribution in [-0.2, 0) is 22.6 Å². The van der Waals surface area contributed by atoms with Gasteiger partial charge in [-0.15, -0.1) is 0 Å². The van der Waals surface area contributed by atoms with Gasteiger partial charge in [0.25, 0.3) is 0 Å². The van der Waals surface area contributed by atoms with Crippen molar-refractivity contribution < 1.29 is 14.0 Å². The second-order valence-corrected chi connectivity index (χ2v) is 5.00. The molecule has 0 fully saturated rings. The van der Waals surface area contributed by atoms with E-state index in [0.717, 1.165) is 12.0 Å². The second kappa shape index (κ2) is 8.58. The molecule has 1 heterocycles. The van der Waals surface area contributed by atoms with Crippen LogP contribution in [0, 0.1) is 0 Å². The average Bonchev–Trinajstić information content (AvgIpc) is 3.10. The molecule has 23 heavy (non-hydrogen) atoms. The largest absolute Gasteiger partial charge is 0.467 e. The second-order valence-electron chi connectivity index (χ2n) is 5.00. The van der Waals surface area contributed by atoms with E-state index in [2.05, 4.69) is 17.6 Å². The topological polar surface area (TPSA) is 71.3 Å². The third-order valence-corrected chi connectivity index (χ3v) is 3.28. The number of aryl methyl sites for hydroxylation is 1. The summed E-state index contributed by atoms with van der Waals surface area (Å²) in [6.45, 7) is 2.33. The molecule has 0 saturated heterocycles. The molecule has 0 bridgehead atoms. The van der Waals surface area contributed by atoms with Gasteiger partial charge >= 0.3 is 0 Å². The van der Waals surface area contributed by atoms with E-state index < -0.39 is 0 Å². The van der Waals surface area contributed by atoms with Gasteiger partial charge in [0.2, 0.25) is 11.8 Å². The number of furan rings is 1. The highest BCUT2D eigenvalue weighted by Crippen LogP contribution is 2.06. The Morgan fingerprint density at radius 2 is 1.91 bits per heavy atom. The fourth-order valence-electron chi connectivity index (χ4n) is 1.92. The maximum Gasteiger partial charge on any atom is 0.244 e. The Kier molecular flexibility index (Phi) is 6.17. The van der Waals surface area contributed by atoms with Gasteiger partial charge < -0.3 is 15.1 Å². The molecule has 0 spiro atoms. The standard InChI is InChI=1S/C18H20N2O3/c1-2-14-5-7-15(8-6-14)9-10-17(21)20-13-18(22)19-12-16-4-3-11-23-16/h3-11H,2,12-13H2,1H3,(H,19,22)(H,20,21)/b10-9+. The summed E-state index contributed by atoms with van der Waals surface area (Å²) in [4.78, 5) is 23.3. The minimum atomic E-state index is -0.308. The summed E-state index contributed by atoms with van der Waals surface area (Å²) in [5.74, 6) is 0.0910. The third-order valence-electron chi connectivity index (χ3n) is 3.28. The zero-order valence-corrected chi connectivity index (χ0v) is 13.0. The predicted molar refractivity (Wildman–Crippen MR) is 88.4 cm³/mol. The summed E-state index contributed by atoms with van der Waals surface area (Å²) in [6.07, 6.45) is 5.66. The number of benzene rings is 1. The van der Waals surface area contributed by atoms with Crippen LogP contribution in [0.5, 0.6) is 0 Å². The minimum Gasteiger partial charge on any atom is -0.467 e. The molecule has 1 aromatic heterocycles. The van der Waals surface area contributed by atoms with Crippen LogP contribution in [0.25, 0.3) is 6.08 Å². The van der Waals surface area contributed by atoms with Crippen LogP contribution in [-0.4, -0.2) is 18.4 Å². The lowest BCUT2D eigenvalue weighted by Crippen LogP contribution is -2.35. The number of hydrogen-bond donors (Lipinski definition) is 2. The molecule has 0 atom stereocenters. The Balaban J connectivity index is 1.71. The summed E-state index contributed by atoms with van der Waals surface area (Å²) < 4.78 is 5.10. The molecule has 1 aromatic carbocycles. The Bertz CT molecular complexity index is 658. The highest BCUT2D eigenvalue weighted by atomic mass is 16.3. The van der Waals surface area contributed by atoms with E-state index >= 15 is 0 Å². The fraction of sp³-hybridized carbons (Fsp3) is 0.222. The molecule has 2 amide bonds. The van der Waals surface area contributed by atoms with Crippen molar-refractivity contribution in [3.63, 3.8) is 0 Å². The molecular weight excluding hydrogens is 292 g/mol. The first-order valence-electron chi connectivity index (χ1n) is 7.51. The Hall–Kier alpha value is -2.82. The number of hydrogen-bond acceptors (Lipinski definition) is 3. The van der Waals surface area contributed by atoms with Crippen LogP contribution >= 0.6 is 0 Å². The quantitative estimate of drug-likeness (QED) is 0.771. The Morgan fingerprint density at radius 1 is 1.13 bits per heavy atom. The number of amides is 2. The molecule has 5 heteroatoms. The molecule has 5 nitrogen and oxygen atoms in total. The lowest BCUT2D eigenvalue weighted by Gasteiger charge is -2.04. The highest BCUT2D eigenvalue weighted by molar-refractivity contribution is 5.94. The molecule has 0 unspecified atom stereocenters. The molecule has 0 aliphatic heterocycles. The van der Waals surface area contributed by atoms with Gasteiger partial charge in [-0.2, -0.15) is 0 Å². The van der Waals surface area contributed by atoms with Crippen LogP contribution in [0.2, 0.25) is 0 Å². The van der Waals surface area contributed by atoms with Crippen molar-refractivity contribution in [2.75, 3.05) is 6.54 Å². The van der Waals surface area contributed by atoms with Crippen molar-refractivity contribution in [2.24, 2.45) is 0 Å². The number of rotatable bonds is 7. The van der Waals surface area contributed by atoms with Crippen LogP contribution in [0.3, 0.4) is 0 Å². The highest BCUT2D eigenvalue weighted by Gasteiger charge is 2.04. The molecule has 2 aromatic rings. The number of nitrogens with one attached hydrogen (secondary N) is 2. The summed E-state index contributed by atoms with van der Waals surface area (Å²) in [7, 11) is 0. The summed E-state index contributed by atoms with van der Waals surface area (Å²) in [5, 5.41) is 5.19. The van der Waals surface area contributed by atoms with E-state index in [9.17, 15) is 9.59 Å². The number of carbonyl (C=O) groups is 2. The van der Waals surface area contributed by atoms with Gasteiger partial charge in [-0.25, -0.2) is 0 Å². The van der Waals surface area contributed by atoms with Gasteiger partial charge in [0.1, 0.15) is 5.76 Å². The third kappa shape index (κ3) is 5.82. The van der Waals surface area contributed by atoms with Gasteiger partial charge in [-0.05, 0) is 35.8 Å². The monoisotopic (exact) mass is 312 g/mol. The summed E-state index contributed by atoms with van der Waals surface area (Å²) >= 11 is 0. The molecule has 0 radical (unpaired) electrons. The van der Waals surface area contributed by atoms with Crippen LogP contribution in [0.15, 0.2) is 53.2 Å². The van der Waals surface area contributed by atoms with Crippen molar-refractivity contribution in [2.45, 2.75) is 19.9 Å². The van der Waals surface area contributed by atoms with Crippen molar-refractivity contribution in [1.82, 2.24) is 10.6 Å². The van der Waals surface area contributed by atoms with E-state index in [4.69, 9.17) is 4.42 Å². The average molecular weight is 312 g/mol. The zero-order chi connectivity index (χ0) is 16.5. The van der Waals surface area contributed by atoms with Crippen LogP contribution < -0.4 is 10.6 Å². The normalized spacial score (nSPS) is 10.7. The Labute approximate surface area is 135 Å². The first-order chi connectivity index (χ1) is 11.2. The fourth-order valence-corrected chi connectivity index (χ4v) is 1.92. The first kappa shape index (κ1) is 16.5. The van der Waals surface area contributed by atoms with Crippen molar-refractivity contribution in [1.29, 1.82) is 0 Å². The van der Waals surface area contributed by atoms with E-state index in [1.165, 1.54) is 11.6 Å². The van der Waals surface area contributed by atoms with E-state index in [-0.39, 0.29) is 18.4 Å². The molecule has 0 aliphatic carbocycles. The molecular formula is C18H20N2O3. The van der Waals surface area contributed by atoms with Gasteiger partial charge in [0.15, 0.2) is 0 Å². The maximum atomic E-state index is 11.7. The van der Waals surface area contributed by atoms with Crippen LogP contribution in [0.1, 0.15) is 23.8 Å². The number of carbonyl (C=O) groups excluding carboxylic acids is 2. The molecule has 2 N–H and O–H groups in total. The predicted octanol–water partition coefficient (Wildman–Crippen LogP) is 2.29. The maximum absolute atomic E-state index is 11.7. The molecule has 0 saturated carbocycles. The molecule has 2 rings (SSSR count).